The smallest absolute Gasteiger partial charge is 0.311 e. The highest BCUT2D eigenvalue weighted by Gasteiger charge is 2.34. The Balaban J connectivity index is 1.95. The summed E-state index contributed by atoms with van der Waals surface area (Å²) in [5, 5.41) is 21.5. The number of hydrogen-bond donors (Lipinski definition) is 2. The van der Waals surface area contributed by atoms with Crippen LogP contribution in [-0.4, -0.2) is 21.8 Å². The van der Waals surface area contributed by atoms with Crippen molar-refractivity contribution in [2.24, 2.45) is 0 Å². The van der Waals surface area contributed by atoms with Crippen LogP contribution in [-0.2, 0) is 9.59 Å². The van der Waals surface area contributed by atoms with Crippen molar-refractivity contribution in [1.82, 2.24) is 5.43 Å². The molecule has 2 aromatic rings. The van der Waals surface area contributed by atoms with Gasteiger partial charge in [-0.25, -0.2) is 5.01 Å². The van der Waals surface area contributed by atoms with Gasteiger partial charge < -0.3 is 5.11 Å². The summed E-state index contributed by atoms with van der Waals surface area (Å²) in [6.45, 7) is 0. The number of hydrazine groups is 1. The topological polar surface area (TPSA) is 113 Å². The maximum Gasteiger partial charge on any atom is 0.311 e. The molecule has 9 heteroatoms. The number of nitro groups is 1. The largest absolute Gasteiger partial charge is 0.502 e. The van der Waals surface area contributed by atoms with Crippen molar-refractivity contribution < 1.29 is 19.6 Å². The van der Waals surface area contributed by atoms with Crippen LogP contribution in [0.2, 0.25) is 0 Å². The van der Waals surface area contributed by atoms with Crippen LogP contribution in [0.25, 0.3) is 6.08 Å². The predicted molar refractivity (Wildman–Crippen MR) is 97.5 cm³/mol. The molecule has 0 aromatic heterocycles. The molecule has 1 heterocycles. The van der Waals surface area contributed by atoms with Gasteiger partial charge in [0.05, 0.1) is 10.6 Å². The van der Waals surface area contributed by atoms with E-state index in [0.29, 0.717) is 5.69 Å². The molecule has 25 heavy (non-hydrogen) atoms. The summed E-state index contributed by atoms with van der Waals surface area (Å²) in [4.78, 5) is 34.7. The number of nitrogens with one attached hydrogen (secondary N) is 1. The van der Waals surface area contributed by atoms with Crippen LogP contribution < -0.4 is 10.4 Å². The normalized spacial score (nSPS) is 15.6. The van der Waals surface area contributed by atoms with Crippen LogP contribution in [0, 0.1) is 13.7 Å². The Morgan fingerprint density at radius 1 is 1.16 bits per heavy atom. The van der Waals surface area contributed by atoms with Gasteiger partial charge in [-0.3, -0.25) is 25.1 Å². The maximum absolute atomic E-state index is 12.5. The fourth-order valence-corrected chi connectivity index (χ4v) is 2.63. The van der Waals surface area contributed by atoms with E-state index in [1.165, 1.54) is 12.1 Å². The molecule has 2 aromatic carbocycles. The number of amides is 2. The van der Waals surface area contributed by atoms with Crippen molar-refractivity contribution in [1.29, 1.82) is 0 Å². The van der Waals surface area contributed by atoms with Gasteiger partial charge in [0, 0.05) is 9.64 Å². The third-order valence-corrected chi connectivity index (χ3v) is 4.20. The molecule has 2 amide bonds. The van der Waals surface area contributed by atoms with Crippen molar-refractivity contribution in [2.45, 2.75) is 0 Å². The molecule has 0 spiro atoms. The molecular formula is C16H10IN3O5. The number of hydrogen-bond acceptors (Lipinski definition) is 5. The van der Waals surface area contributed by atoms with Crippen LogP contribution in [0.5, 0.6) is 5.75 Å². The summed E-state index contributed by atoms with van der Waals surface area (Å²) < 4.78 is 0.978. The Morgan fingerprint density at radius 2 is 1.84 bits per heavy atom. The fourth-order valence-electron chi connectivity index (χ4n) is 2.27. The third-order valence-electron chi connectivity index (χ3n) is 3.48. The van der Waals surface area contributed by atoms with E-state index in [2.05, 4.69) is 28.0 Å². The van der Waals surface area contributed by atoms with Crippen molar-refractivity contribution in [3.8, 4) is 5.75 Å². The summed E-state index contributed by atoms with van der Waals surface area (Å²) in [7, 11) is 0. The van der Waals surface area contributed by atoms with E-state index < -0.39 is 28.2 Å². The molecule has 1 fully saturated rings. The van der Waals surface area contributed by atoms with E-state index >= 15 is 0 Å². The number of anilines is 1. The summed E-state index contributed by atoms with van der Waals surface area (Å²) in [6.07, 6.45) is 1.25. The van der Waals surface area contributed by atoms with Gasteiger partial charge in [0.1, 0.15) is 5.57 Å². The second-order valence-electron chi connectivity index (χ2n) is 5.12. The molecule has 0 aliphatic carbocycles. The molecule has 0 saturated carbocycles. The molecule has 1 aliphatic heterocycles. The van der Waals surface area contributed by atoms with Crippen molar-refractivity contribution in [2.75, 3.05) is 5.01 Å². The maximum atomic E-state index is 12.5. The summed E-state index contributed by atoms with van der Waals surface area (Å²) >= 11 is 2.12. The number of aromatic hydroxyl groups is 1. The summed E-state index contributed by atoms with van der Waals surface area (Å²) in [5.41, 5.74) is 2.55. The highest BCUT2D eigenvalue weighted by atomic mass is 127. The lowest BCUT2D eigenvalue weighted by Gasteiger charge is -2.14. The molecular weight excluding hydrogens is 441 g/mol. The Kier molecular flexibility index (Phi) is 4.40. The fraction of sp³-hybridized carbons (Fsp3) is 0. The standard InChI is InChI=1S/C16H10IN3O5/c17-10-2-4-11(5-3-10)19-16(23)12(15(22)18-19)7-9-1-6-14(21)13(8-9)20(24)25/h1-8,21H,(H,18,22)/b12-7-. The Hall–Kier alpha value is -2.95. The van der Waals surface area contributed by atoms with Crippen molar-refractivity contribution in [3.63, 3.8) is 0 Å². The Morgan fingerprint density at radius 3 is 2.48 bits per heavy atom. The number of benzene rings is 2. The van der Waals surface area contributed by atoms with Crippen LogP contribution in [0.4, 0.5) is 11.4 Å². The van der Waals surface area contributed by atoms with E-state index in [1.807, 2.05) is 0 Å². The van der Waals surface area contributed by atoms with E-state index in [1.54, 1.807) is 24.3 Å². The van der Waals surface area contributed by atoms with E-state index in [-0.39, 0.29) is 11.1 Å². The lowest BCUT2D eigenvalue weighted by molar-refractivity contribution is -0.385. The highest BCUT2D eigenvalue weighted by Crippen LogP contribution is 2.28. The molecule has 3 rings (SSSR count). The first-order valence-electron chi connectivity index (χ1n) is 6.97. The number of nitro benzene ring substituents is 1. The number of carbonyl (C=O) groups is 2. The van der Waals surface area contributed by atoms with E-state index in [0.717, 1.165) is 20.7 Å². The second-order valence-corrected chi connectivity index (χ2v) is 6.37. The van der Waals surface area contributed by atoms with Gasteiger partial charge in [0.15, 0.2) is 5.75 Å². The summed E-state index contributed by atoms with van der Waals surface area (Å²) in [6, 6.07) is 10.6. The minimum Gasteiger partial charge on any atom is -0.502 e. The molecule has 2 N–H and O–H groups in total. The second kappa shape index (κ2) is 6.51. The molecule has 8 nitrogen and oxygen atoms in total. The van der Waals surface area contributed by atoms with Crippen LogP contribution in [0.1, 0.15) is 5.56 Å². The average Bonchev–Trinajstić information content (AvgIpc) is 2.85. The first kappa shape index (κ1) is 16.9. The molecule has 126 valence electrons. The molecule has 0 atom stereocenters. The van der Waals surface area contributed by atoms with Gasteiger partial charge in [0.25, 0.3) is 11.8 Å². The van der Waals surface area contributed by atoms with Crippen molar-refractivity contribution >= 4 is 51.9 Å². The number of halogens is 1. The minimum absolute atomic E-state index is 0.154. The number of phenolic OH excluding ortho intramolecular Hbond substituents is 1. The molecule has 0 unspecified atom stereocenters. The third kappa shape index (κ3) is 3.31. The van der Waals surface area contributed by atoms with Crippen LogP contribution in [0.15, 0.2) is 48.0 Å². The number of carbonyl (C=O) groups excluding carboxylic acids is 2. The van der Waals surface area contributed by atoms with E-state index in [4.69, 9.17) is 0 Å². The Bertz CT molecular complexity index is 924. The Labute approximate surface area is 155 Å². The van der Waals surface area contributed by atoms with Crippen molar-refractivity contribution in [3.05, 3.63) is 67.3 Å². The van der Waals surface area contributed by atoms with Gasteiger partial charge in [-0.2, -0.15) is 0 Å². The van der Waals surface area contributed by atoms with E-state index in [9.17, 15) is 24.8 Å². The zero-order valence-corrected chi connectivity index (χ0v) is 14.6. The SMILES string of the molecule is O=C1NN(c2ccc(I)cc2)C(=O)/C1=C\c1ccc(O)c([N+](=O)[O-])c1. The first-order valence-corrected chi connectivity index (χ1v) is 8.05. The zero-order valence-electron chi connectivity index (χ0n) is 12.5. The lowest BCUT2D eigenvalue weighted by Crippen LogP contribution is -2.35. The lowest BCUT2D eigenvalue weighted by atomic mass is 10.1. The van der Waals surface area contributed by atoms with Gasteiger partial charge in [-0.05, 0) is 64.6 Å². The minimum atomic E-state index is -0.744. The van der Waals surface area contributed by atoms with Crippen LogP contribution >= 0.6 is 22.6 Å². The molecule has 1 aliphatic rings. The first-order chi connectivity index (χ1) is 11.9. The highest BCUT2D eigenvalue weighted by molar-refractivity contribution is 14.1. The number of nitrogens with zero attached hydrogens (tertiary/aromatic N) is 2. The van der Waals surface area contributed by atoms with Crippen LogP contribution in [0.3, 0.4) is 0 Å². The monoisotopic (exact) mass is 451 g/mol. The molecule has 1 saturated heterocycles. The average molecular weight is 451 g/mol. The number of phenols is 1. The van der Waals surface area contributed by atoms with Gasteiger partial charge >= 0.3 is 5.69 Å². The van der Waals surface area contributed by atoms with Gasteiger partial charge in [0.2, 0.25) is 0 Å². The van der Waals surface area contributed by atoms with Gasteiger partial charge in [-0.15, -0.1) is 0 Å². The molecule has 0 radical (unpaired) electrons. The predicted octanol–water partition coefficient (Wildman–Crippen LogP) is 2.37. The summed E-state index contributed by atoms with van der Waals surface area (Å²) in [5.74, 6) is -1.67. The number of rotatable bonds is 3. The quantitative estimate of drug-likeness (QED) is 0.245. The zero-order chi connectivity index (χ0) is 18.1. The molecule has 0 bridgehead atoms. The van der Waals surface area contributed by atoms with Gasteiger partial charge in [-0.1, -0.05) is 6.07 Å².